The molecule has 2 N–H and O–H groups in total. The van der Waals surface area contributed by atoms with Gasteiger partial charge in [0.25, 0.3) is 0 Å². The monoisotopic (exact) mass is 270 g/mol. The minimum Gasteiger partial charge on any atom is -0.480 e. The average molecular weight is 270 g/mol. The van der Waals surface area contributed by atoms with Crippen LogP contribution in [0.25, 0.3) is 0 Å². The number of carboxylic acid groups (broad SMARTS) is 1. The zero-order valence-electron chi connectivity index (χ0n) is 13.1. The molecule has 4 nitrogen and oxygen atoms in total. The molecule has 0 amide bonds. The van der Waals surface area contributed by atoms with Gasteiger partial charge in [0.15, 0.2) is 0 Å². The molecule has 0 aromatic carbocycles. The Labute approximate surface area is 117 Å². The molecular weight excluding hydrogens is 240 g/mol. The zero-order valence-corrected chi connectivity index (χ0v) is 13.1. The van der Waals surface area contributed by atoms with E-state index in [0.717, 1.165) is 32.2 Å². The van der Waals surface area contributed by atoms with Crippen molar-refractivity contribution in [2.75, 3.05) is 13.6 Å². The van der Waals surface area contributed by atoms with Crippen molar-refractivity contribution in [3.8, 4) is 0 Å². The summed E-state index contributed by atoms with van der Waals surface area (Å²) in [6, 6.07) is 0.721. The summed E-state index contributed by atoms with van der Waals surface area (Å²) in [5.41, 5.74) is -0.702. The van der Waals surface area contributed by atoms with Gasteiger partial charge >= 0.3 is 5.97 Å². The highest BCUT2D eigenvalue weighted by Gasteiger charge is 2.48. The van der Waals surface area contributed by atoms with Crippen LogP contribution < -0.4 is 5.32 Å². The van der Waals surface area contributed by atoms with E-state index in [0.29, 0.717) is 6.04 Å². The second kappa shape index (κ2) is 6.71. The lowest BCUT2D eigenvalue weighted by Gasteiger charge is -2.35. The fourth-order valence-electron chi connectivity index (χ4n) is 3.13. The summed E-state index contributed by atoms with van der Waals surface area (Å²) in [4.78, 5) is 14.1. The minimum absolute atomic E-state index is 0.208. The Balaban J connectivity index is 2.71. The minimum atomic E-state index is -0.702. The maximum absolute atomic E-state index is 11.8. The molecule has 0 spiro atoms. The highest BCUT2D eigenvalue weighted by molar-refractivity contribution is 5.79. The molecule has 0 aliphatic heterocycles. The van der Waals surface area contributed by atoms with Crippen LogP contribution in [0.4, 0.5) is 0 Å². The van der Waals surface area contributed by atoms with E-state index in [-0.39, 0.29) is 12.0 Å². The van der Waals surface area contributed by atoms with Crippen LogP contribution in [0.2, 0.25) is 0 Å². The van der Waals surface area contributed by atoms with Crippen molar-refractivity contribution in [3.63, 3.8) is 0 Å². The van der Waals surface area contributed by atoms with Gasteiger partial charge in [-0.2, -0.15) is 0 Å². The van der Waals surface area contributed by atoms with Gasteiger partial charge in [0, 0.05) is 12.1 Å². The van der Waals surface area contributed by atoms with E-state index in [1.54, 1.807) is 0 Å². The van der Waals surface area contributed by atoms with Crippen molar-refractivity contribution in [2.24, 2.45) is 5.92 Å². The molecule has 4 heteroatoms. The maximum Gasteiger partial charge on any atom is 0.324 e. The highest BCUT2D eigenvalue weighted by atomic mass is 16.4. The van der Waals surface area contributed by atoms with E-state index in [1.165, 1.54) is 0 Å². The molecule has 0 aromatic rings. The summed E-state index contributed by atoms with van der Waals surface area (Å²) in [6.45, 7) is 9.37. The number of nitrogens with one attached hydrogen (secondary N) is 1. The summed E-state index contributed by atoms with van der Waals surface area (Å²) in [5.74, 6) is -0.426. The van der Waals surface area contributed by atoms with E-state index in [9.17, 15) is 9.90 Å². The van der Waals surface area contributed by atoms with Crippen LogP contribution in [0.3, 0.4) is 0 Å². The standard InChI is InChI=1S/C15H30N2O2/c1-11(2)16-15(14(18)19)9-6-7-13(15)8-10-17(5)12(3)4/h11-13,16H,6-10H2,1-5H3,(H,18,19). The lowest BCUT2D eigenvalue weighted by atomic mass is 9.83. The van der Waals surface area contributed by atoms with Gasteiger partial charge in [-0.15, -0.1) is 0 Å². The smallest absolute Gasteiger partial charge is 0.324 e. The zero-order chi connectivity index (χ0) is 14.6. The molecule has 1 saturated carbocycles. The van der Waals surface area contributed by atoms with Crippen LogP contribution in [-0.4, -0.2) is 47.2 Å². The Hall–Kier alpha value is -0.610. The van der Waals surface area contributed by atoms with Gasteiger partial charge in [-0.3, -0.25) is 10.1 Å². The van der Waals surface area contributed by atoms with Crippen molar-refractivity contribution in [1.82, 2.24) is 10.2 Å². The Bertz CT molecular complexity index is 305. The first-order chi connectivity index (χ1) is 8.79. The topological polar surface area (TPSA) is 52.6 Å². The van der Waals surface area contributed by atoms with E-state index < -0.39 is 11.5 Å². The number of aliphatic carboxylic acids is 1. The molecule has 0 heterocycles. The number of nitrogens with zero attached hydrogens (tertiary/aromatic N) is 1. The third-order valence-corrected chi connectivity index (χ3v) is 4.46. The van der Waals surface area contributed by atoms with Gasteiger partial charge < -0.3 is 10.0 Å². The lowest BCUT2D eigenvalue weighted by molar-refractivity contribution is -0.147. The van der Waals surface area contributed by atoms with Crippen LogP contribution in [0.1, 0.15) is 53.4 Å². The van der Waals surface area contributed by atoms with Gasteiger partial charge in [-0.1, -0.05) is 6.42 Å². The summed E-state index contributed by atoms with van der Waals surface area (Å²) < 4.78 is 0. The number of rotatable bonds is 7. The van der Waals surface area contributed by atoms with E-state index in [1.807, 2.05) is 13.8 Å². The van der Waals surface area contributed by atoms with Gasteiger partial charge in [-0.05, 0) is 66.5 Å². The van der Waals surface area contributed by atoms with Crippen molar-refractivity contribution < 1.29 is 9.90 Å². The first-order valence-corrected chi connectivity index (χ1v) is 7.51. The SMILES string of the molecule is CC(C)NC1(C(=O)O)CCCC1CCN(C)C(C)C. The Morgan fingerprint density at radius 3 is 2.53 bits per heavy atom. The Kier molecular flexibility index (Phi) is 5.81. The molecule has 1 fully saturated rings. The first-order valence-electron chi connectivity index (χ1n) is 7.51. The van der Waals surface area contributed by atoms with Crippen LogP contribution in [-0.2, 0) is 4.79 Å². The molecule has 2 atom stereocenters. The van der Waals surface area contributed by atoms with E-state index >= 15 is 0 Å². The van der Waals surface area contributed by atoms with E-state index in [4.69, 9.17) is 0 Å². The largest absolute Gasteiger partial charge is 0.480 e. The summed E-state index contributed by atoms with van der Waals surface area (Å²) in [7, 11) is 2.11. The first kappa shape index (κ1) is 16.4. The molecule has 0 aromatic heterocycles. The van der Waals surface area contributed by atoms with Crippen molar-refractivity contribution in [3.05, 3.63) is 0 Å². The van der Waals surface area contributed by atoms with Gasteiger partial charge in [0.2, 0.25) is 0 Å². The number of hydrogen-bond donors (Lipinski definition) is 2. The molecule has 1 aliphatic rings. The van der Waals surface area contributed by atoms with Gasteiger partial charge in [0.1, 0.15) is 5.54 Å². The Morgan fingerprint density at radius 1 is 1.42 bits per heavy atom. The van der Waals surface area contributed by atoms with Crippen LogP contribution in [0.5, 0.6) is 0 Å². The fraction of sp³-hybridized carbons (Fsp3) is 0.933. The number of carboxylic acids is 1. The van der Waals surface area contributed by atoms with Gasteiger partial charge in [0.05, 0.1) is 0 Å². The number of hydrogen-bond acceptors (Lipinski definition) is 3. The second-order valence-corrected chi connectivity index (χ2v) is 6.53. The maximum atomic E-state index is 11.8. The number of carbonyl (C=O) groups is 1. The average Bonchev–Trinajstić information content (AvgIpc) is 2.69. The van der Waals surface area contributed by atoms with Crippen LogP contribution in [0.15, 0.2) is 0 Å². The summed E-state index contributed by atoms with van der Waals surface area (Å²) in [6.07, 6.45) is 3.76. The highest BCUT2D eigenvalue weighted by Crippen LogP contribution is 2.38. The molecule has 0 bridgehead atoms. The quantitative estimate of drug-likeness (QED) is 0.745. The van der Waals surface area contributed by atoms with Crippen LogP contribution in [0, 0.1) is 5.92 Å². The third kappa shape index (κ3) is 3.93. The summed E-state index contributed by atoms with van der Waals surface area (Å²) in [5, 5.41) is 13.0. The van der Waals surface area contributed by atoms with E-state index in [2.05, 4.69) is 31.1 Å². The molecule has 2 unspecified atom stereocenters. The molecular formula is C15H30N2O2. The second-order valence-electron chi connectivity index (χ2n) is 6.53. The third-order valence-electron chi connectivity index (χ3n) is 4.46. The van der Waals surface area contributed by atoms with Gasteiger partial charge in [-0.25, -0.2) is 0 Å². The normalized spacial score (nSPS) is 27.7. The molecule has 19 heavy (non-hydrogen) atoms. The predicted molar refractivity (Wildman–Crippen MR) is 78.4 cm³/mol. The van der Waals surface area contributed by atoms with Crippen molar-refractivity contribution in [2.45, 2.75) is 71.0 Å². The Morgan fingerprint density at radius 2 is 2.05 bits per heavy atom. The summed E-state index contributed by atoms with van der Waals surface area (Å²) >= 11 is 0. The van der Waals surface area contributed by atoms with Crippen molar-refractivity contribution in [1.29, 1.82) is 0 Å². The molecule has 0 radical (unpaired) electrons. The lowest BCUT2D eigenvalue weighted by Crippen LogP contribution is -2.57. The molecule has 0 saturated heterocycles. The van der Waals surface area contributed by atoms with Crippen LogP contribution >= 0.6 is 0 Å². The van der Waals surface area contributed by atoms with Crippen molar-refractivity contribution >= 4 is 5.97 Å². The molecule has 1 rings (SSSR count). The molecule has 112 valence electrons. The predicted octanol–water partition coefficient (Wildman–Crippen LogP) is 2.34. The molecule has 1 aliphatic carbocycles. The fourth-order valence-corrected chi connectivity index (χ4v) is 3.13.